The second kappa shape index (κ2) is 10.7. The number of anilines is 1. The average molecular weight is 423 g/mol. The Balaban J connectivity index is 1.61. The van der Waals surface area contributed by atoms with Crippen molar-refractivity contribution in [3.8, 4) is 11.5 Å². The van der Waals surface area contributed by atoms with Crippen molar-refractivity contribution in [3.05, 3.63) is 59.7 Å². The van der Waals surface area contributed by atoms with Crippen molar-refractivity contribution in [1.82, 2.24) is 4.90 Å². The molecule has 0 aromatic heterocycles. The van der Waals surface area contributed by atoms with Crippen LogP contribution in [0.25, 0.3) is 6.08 Å². The second-order valence-corrected chi connectivity index (χ2v) is 7.87. The summed E-state index contributed by atoms with van der Waals surface area (Å²) in [5, 5.41) is 2.88. The monoisotopic (exact) mass is 422 g/mol. The molecule has 2 aromatic rings. The molecule has 31 heavy (non-hydrogen) atoms. The lowest BCUT2D eigenvalue weighted by Gasteiger charge is -2.26. The van der Waals surface area contributed by atoms with Crippen LogP contribution in [-0.2, 0) is 16.1 Å². The molecule has 1 N–H and O–H groups in total. The molecule has 0 saturated carbocycles. The molecule has 1 heterocycles. The molecular weight excluding hydrogens is 392 g/mol. The number of methoxy groups -OCH3 is 1. The fraction of sp³-hybridized carbons (Fsp3) is 0.360. The summed E-state index contributed by atoms with van der Waals surface area (Å²) < 4.78 is 11.1. The smallest absolute Gasteiger partial charge is 0.248 e. The van der Waals surface area contributed by atoms with E-state index in [0.717, 1.165) is 30.5 Å². The van der Waals surface area contributed by atoms with E-state index >= 15 is 0 Å². The number of likely N-dealkylation sites (tertiary alicyclic amines) is 1. The summed E-state index contributed by atoms with van der Waals surface area (Å²) in [6.07, 6.45) is 5.90. The van der Waals surface area contributed by atoms with Crippen LogP contribution in [0, 0.1) is 0 Å². The first-order chi connectivity index (χ1) is 14.9. The minimum absolute atomic E-state index is 0.0462. The Morgan fingerprint density at radius 2 is 2.00 bits per heavy atom. The Bertz CT molecular complexity index is 952. The molecule has 3 rings (SSSR count). The topological polar surface area (TPSA) is 67.9 Å². The fourth-order valence-electron chi connectivity index (χ4n) is 3.49. The molecule has 0 aliphatic carbocycles. The first-order valence-corrected chi connectivity index (χ1v) is 10.6. The molecule has 0 unspecified atom stereocenters. The van der Waals surface area contributed by atoms with Gasteiger partial charge in [-0.15, -0.1) is 0 Å². The number of amides is 2. The molecule has 0 radical (unpaired) electrons. The number of nitrogens with one attached hydrogen (secondary N) is 1. The summed E-state index contributed by atoms with van der Waals surface area (Å²) in [5.41, 5.74) is 2.54. The van der Waals surface area contributed by atoms with E-state index in [1.165, 1.54) is 6.08 Å². The van der Waals surface area contributed by atoms with Gasteiger partial charge in [0.2, 0.25) is 11.8 Å². The van der Waals surface area contributed by atoms with Crippen LogP contribution in [0.5, 0.6) is 11.5 Å². The Labute approximate surface area is 183 Å². The van der Waals surface area contributed by atoms with Crippen molar-refractivity contribution >= 4 is 23.6 Å². The molecule has 0 spiro atoms. The Kier molecular flexibility index (Phi) is 7.70. The summed E-state index contributed by atoms with van der Waals surface area (Å²) in [6.45, 7) is 5.28. The quantitative estimate of drug-likeness (QED) is 0.629. The van der Waals surface area contributed by atoms with Crippen LogP contribution in [0.1, 0.15) is 44.2 Å². The predicted molar refractivity (Wildman–Crippen MR) is 122 cm³/mol. The van der Waals surface area contributed by atoms with Gasteiger partial charge in [-0.3, -0.25) is 9.59 Å². The van der Waals surface area contributed by atoms with E-state index in [1.54, 1.807) is 13.2 Å². The summed E-state index contributed by atoms with van der Waals surface area (Å²) >= 11 is 0. The van der Waals surface area contributed by atoms with Crippen molar-refractivity contribution in [2.24, 2.45) is 0 Å². The van der Waals surface area contributed by atoms with Crippen LogP contribution >= 0.6 is 0 Å². The van der Waals surface area contributed by atoms with E-state index in [-0.39, 0.29) is 17.9 Å². The molecule has 2 aromatic carbocycles. The molecule has 1 fully saturated rings. The van der Waals surface area contributed by atoms with Gasteiger partial charge in [-0.05, 0) is 68.2 Å². The summed E-state index contributed by atoms with van der Waals surface area (Å²) in [4.78, 5) is 26.3. The number of ether oxygens (including phenoxy) is 2. The van der Waals surface area contributed by atoms with E-state index in [2.05, 4.69) is 5.32 Å². The summed E-state index contributed by atoms with van der Waals surface area (Å²) in [6, 6.07) is 13.2. The zero-order valence-corrected chi connectivity index (χ0v) is 18.4. The van der Waals surface area contributed by atoms with Crippen molar-refractivity contribution in [3.63, 3.8) is 0 Å². The van der Waals surface area contributed by atoms with E-state index in [9.17, 15) is 9.59 Å². The molecule has 1 aliphatic heterocycles. The summed E-state index contributed by atoms with van der Waals surface area (Å²) in [5.74, 6) is 1.26. The lowest BCUT2D eigenvalue weighted by atomic mass is 10.1. The molecule has 6 heteroatoms. The Hall–Kier alpha value is -3.28. The normalized spacial score (nSPS) is 14.2. The number of rotatable bonds is 8. The van der Waals surface area contributed by atoms with Crippen LogP contribution in [-0.4, -0.2) is 36.5 Å². The van der Waals surface area contributed by atoms with E-state index in [4.69, 9.17) is 9.47 Å². The van der Waals surface area contributed by atoms with Crippen LogP contribution in [0.4, 0.5) is 5.69 Å². The van der Waals surface area contributed by atoms with Gasteiger partial charge in [0.25, 0.3) is 0 Å². The first-order valence-electron chi connectivity index (χ1n) is 10.6. The number of hydrogen-bond donors (Lipinski definition) is 1. The minimum atomic E-state index is -0.229. The number of carbonyl (C=O) groups is 2. The Morgan fingerprint density at radius 1 is 1.16 bits per heavy atom. The standard InChI is InChI=1S/C25H30N2O4/c1-18(2)31-22-12-10-19(16-23(22)30-3)11-13-24(28)26-21-8-6-7-20(15-21)17-27-14-5-4-9-25(27)29/h6-8,10-13,15-16,18H,4-5,9,14,17H2,1-3H3,(H,26,28)/b13-11+. The van der Waals surface area contributed by atoms with Gasteiger partial charge in [-0.25, -0.2) is 0 Å². The number of nitrogens with zero attached hydrogens (tertiary/aromatic N) is 1. The van der Waals surface area contributed by atoms with Gasteiger partial charge < -0.3 is 19.7 Å². The van der Waals surface area contributed by atoms with Gasteiger partial charge in [0.05, 0.1) is 13.2 Å². The molecule has 0 bridgehead atoms. The maximum Gasteiger partial charge on any atom is 0.248 e. The first kappa shape index (κ1) is 22.4. The third-order valence-electron chi connectivity index (χ3n) is 4.97. The van der Waals surface area contributed by atoms with E-state index in [1.807, 2.05) is 61.2 Å². The highest BCUT2D eigenvalue weighted by molar-refractivity contribution is 6.02. The Morgan fingerprint density at radius 3 is 2.74 bits per heavy atom. The number of hydrogen-bond acceptors (Lipinski definition) is 4. The highest BCUT2D eigenvalue weighted by atomic mass is 16.5. The van der Waals surface area contributed by atoms with Gasteiger partial charge in [0.15, 0.2) is 11.5 Å². The molecule has 164 valence electrons. The van der Waals surface area contributed by atoms with E-state index in [0.29, 0.717) is 30.2 Å². The third kappa shape index (κ3) is 6.60. The van der Waals surface area contributed by atoms with Crippen molar-refractivity contribution in [1.29, 1.82) is 0 Å². The zero-order chi connectivity index (χ0) is 22.2. The van der Waals surface area contributed by atoms with Crippen LogP contribution in [0.2, 0.25) is 0 Å². The number of piperidine rings is 1. The van der Waals surface area contributed by atoms with Crippen LogP contribution in [0.3, 0.4) is 0 Å². The lowest BCUT2D eigenvalue weighted by Crippen LogP contribution is -2.34. The summed E-state index contributed by atoms with van der Waals surface area (Å²) in [7, 11) is 1.59. The maximum absolute atomic E-state index is 12.4. The maximum atomic E-state index is 12.4. The van der Waals surface area contributed by atoms with Gasteiger partial charge in [-0.1, -0.05) is 18.2 Å². The van der Waals surface area contributed by atoms with Crippen molar-refractivity contribution in [2.45, 2.75) is 45.8 Å². The molecular formula is C25H30N2O4. The average Bonchev–Trinajstić information content (AvgIpc) is 2.74. The zero-order valence-electron chi connectivity index (χ0n) is 18.4. The third-order valence-corrected chi connectivity index (χ3v) is 4.97. The van der Waals surface area contributed by atoms with Gasteiger partial charge in [0, 0.05) is 31.3 Å². The number of benzene rings is 2. The molecule has 6 nitrogen and oxygen atoms in total. The second-order valence-electron chi connectivity index (χ2n) is 7.87. The van der Waals surface area contributed by atoms with Gasteiger partial charge >= 0.3 is 0 Å². The number of carbonyl (C=O) groups excluding carboxylic acids is 2. The van der Waals surface area contributed by atoms with Gasteiger partial charge in [0.1, 0.15) is 0 Å². The molecule has 1 saturated heterocycles. The highest BCUT2D eigenvalue weighted by Gasteiger charge is 2.18. The largest absolute Gasteiger partial charge is 0.493 e. The fourth-order valence-corrected chi connectivity index (χ4v) is 3.49. The molecule has 1 aliphatic rings. The molecule has 0 atom stereocenters. The van der Waals surface area contributed by atoms with Crippen LogP contribution in [0.15, 0.2) is 48.5 Å². The minimum Gasteiger partial charge on any atom is -0.493 e. The van der Waals surface area contributed by atoms with Gasteiger partial charge in [-0.2, -0.15) is 0 Å². The SMILES string of the molecule is COc1cc(/C=C/C(=O)Nc2cccc(CN3CCCCC3=O)c2)ccc1OC(C)C. The molecule has 2 amide bonds. The van der Waals surface area contributed by atoms with E-state index < -0.39 is 0 Å². The predicted octanol–water partition coefficient (Wildman–Crippen LogP) is 4.65. The van der Waals surface area contributed by atoms with Crippen molar-refractivity contribution in [2.75, 3.05) is 19.0 Å². The van der Waals surface area contributed by atoms with Crippen LogP contribution < -0.4 is 14.8 Å². The van der Waals surface area contributed by atoms with Crippen molar-refractivity contribution < 1.29 is 19.1 Å². The highest BCUT2D eigenvalue weighted by Crippen LogP contribution is 2.29. The lowest BCUT2D eigenvalue weighted by molar-refractivity contribution is -0.133.